The van der Waals surface area contributed by atoms with Crippen molar-refractivity contribution in [3.63, 3.8) is 0 Å². The van der Waals surface area contributed by atoms with Crippen molar-refractivity contribution in [3.8, 4) is 0 Å². The monoisotopic (exact) mass is 264 g/mol. The summed E-state index contributed by atoms with van der Waals surface area (Å²) in [5.41, 5.74) is -0.189. The zero-order chi connectivity index (χ0) is 13.7. The van der Waals surface area contributed by atoms with Crippen molar-refractivity contribution in [2.24, 2.45) is 0 Å². The summed E-state index contributed by atoms with van der Waals surface area (Å²) in [6.45, 7) is 0. The summed E-state index contributed by atoms with van der Waals surface area (Å²) in [5.74, 6) is 0.630. The average Bonchev–Trinajstić information content (AvgIpc) is 2.39. The number of hydrogen-bond acceptors (Lipinski definition) is 2. The summed E-state index contributed by atoms with van der Waals surface area (Å²) in [6, 6.07) is 10.5. The van der Waals surface area contributed by atoms with Crippen molar-refractivity contribution in [3.05, 3.63) is 66.0 Å². The van der Waals surface area contributed by atoms with Crippen molar-refractivity contribution < 1.29 is 13.2 Å². The normalized spacial score (nSPS) is 11.7. The van der Waals surface area contributed by atoms with Gasteiger partial charge >= 0.3 is 6.18 Å². The van der Waals surface area contributed by atoms with Gasteiger partial charge in [0.2, 0.25) is 0 Å². The van der Waals surface area contributed by atoms with Gasteiger partial charge in [-0.3, -0.25) is 0 Å². The first-order valence-electron chi connectivity index (χ1n) is 5.57. The van der Waals surface area contributed by atoms with E-state index < -0.39 is 11.7 Å². The molecular formula is C14H11F3N2. The maximum Gasteiger partial charge on any atom is 0.416 e. The van der Waals surface area contributed by atoms with Gasteiger partial charge in [0.1, 0.15) is 5.82 Å². The Kier molecular flexibility index (Phi) is 3.85. The molecule has 0 fully saturated rings. The van der Waals surface area contributed by atoms with E-state index >= 15 is 0 Å². The smallest absolute Gasteiger partial charge is 0.347 e. The lowest BCUT2D eigenvalue weighted by Gasteiger charge is -2.06. The van der Waals surface area contributed by atoms with Crippen molar-refractivity contribution in [1.82, 2.24) is 4.98 Å². The fraction of sp³-hybridized carbons (Fsp3) is 0.0714. The Labute approximate surface area is 108 Å². The molecule has 0 amide bonds. The third-order valence-corrected chi connectivity index (χ3v) is 2.39. The van der Waals surface area contributed by atoms with Crippen LogP contribution in [0, 0.1) is 0 Å². The van der Waals surface area contributed by atoms with Gasteiger partial charge in [0.15, 0.2) is 0 Å². The van der Waals surface area contributed by atoms with Gasteiger partial charge in [-0.1, -0.05) is 18.2 Å². The third kappa shape index (κ3) is 3.84. The minimum absolute atomic E-state index is 0.471. The van der Waals surface area contributed by atoms with Gasteiger partial charge in [0.25, 0.3) is 0 Å². The molecule has 0 saturated carbocycles. The van der Waals surface area contributed by atoms with Crippen molar-refractivity contribution in [1.29, 1.82) is 0 Å². The number of hydrogen-bond donors (Lipinski definition) is 1. The first kappa shape index (κ1) is 13.1. The van der Waals surface area contributed by atoms with Crippen LogP contribution in [-0.4, -0.2) is 4.98 Å². The molecule has 1 heterocycles. The SMILES string of the molecule is FC(F)(F)c1cccc(C=CNc2ccccn2)c1. The van der Waals surface area contributed by atoms with E-state index in [2.05, 4.69) is 10.3 Å². The number of pyridine rings is 1. The quantitative estimate of drug-likeness (QED) is 0.899. The summed E-state index contributed by atoms with van der Waals surface area (Å²) in [4.78, 5) is 4.02. The molecule has 0 bridgehead atoms. The first-order valence-corrected chi connectivity index (χ1v) is 5.57. The van der Waals surface area contributed by atoms with Crippen molar-refractivity contribution in [2.75, 3.05) is 5.32 Å². The third-order valence-electron chi connectivity index (χ3n) is 2.39. The van der Waals surface area contributed by atoms with Crippen LogP contribution in [0.4, 0.5) is 19.0 Å². The van der Waals surface area contributed by atoms with Crippen LogP contribution in [0.25, 0.3) is 6.08 Å². The Morgan fingerprint density at radius 3 is 2.58 bits per heavy atom. The number of nitrogens with one attached hydrogen (secondary N) is 1. The number of alkyl halides is 3. The second-order valence-electron chi connectivity index (χ2n) is 3.82. The van der Waals surface area contributed by atoms with E-state index in [1.165, 1.54) is 6.07 Å². The van der Waals surface area contributed by atoms with Gasteiger partial charge in [-0.25, -0.2) is 4.98 Å². The Bertz CT molecular complexity index is 562. The highest BCUT2D eigenvalue weighted by atomic mass is 19.4. The second-order valence-corrected chi connectivity index (χ2v) is 3.82. The van der Waals surface area contributed by atoms with E-state index in [1.54, 1.807) is 36.7 Å². The Balaban J connectivity index is 2.07. The highest BCUT2D eigenvalue weighted by molar-refractivity contribution is 5.54. The lowest BCUT2D eigenvalue weighted by molar-refractivity contribution is -0.137. The van der Waals surface area contributed by atoms with Crippen LogP contribution in [0.15, 0.2) is 54.9 Å². The highest BCUT2D eigenvalue weighted by Crippen LogP contribution is 2.29. The Morgan fingerprint density at radius 1 is 1.05 bits per heavy atom. The van der Waals surface area contributed by atoms with Gasteiger partial charge in [-0.05, 0) is 35.9 Å². The van der Waals surface area contributed by atoms with E-state index in [-0.39, 0.29) is 0 Å². The summed E-state index contributed by atoms with van der Waals surface area (Å²) in [7, 11) is 0. The molecule has 2 aromatic rings. The number of anilines is 1. The summed E-state index contributed by atoms with van der Waals surface area (Å²) in [5, 5.41) is 2.88. The lowest BCUT2D eigenvalue weighted by Crippen LogP contribution is -2.04. The maximum absolute atomic E-state index is 12.5. The van der Waals surface area contributed by atoms with Crippen LogP contribution in [0.1, 0.15) is 11.1 Å². The molecule has 0 unspecified atom stereocenters. The molecule has 0 aliphatic carbocycles. The maximum atomic E-state index is 12.5. The van der Waals surface area contributed by atoms with Gasteiger partial charge < -0.3 is 5.32 Å². The number of benzene rings is 1. The predicted octanol–water partition coefficient (Wildman–Crippen LogP) is 4.18. The molecule has 0 aliphatic heterocycles. The summed E-state index contributed by atoms with van der Waals surface area (Å²) < 4.78 is 37.5. The molecule has 0 atom stereocenters. The van der Waals surface area contributed by atoms with E-state index in [4.69, 9.17) is 0 Å². The van der Waals surface area contributed by atoms with Gasteiger partial charge in [0.05, 0.1) is 5.56 Å². The second kappa shape index (κ2) is 5.56. The fourth-order valence-electron chi connectivity index (χ4n) is 1.49. The zero-order valence-electron chi connectivity index (χ0n) is 9.85. The topological polar surface area (TPSA) is 24.9 Å². The number of aromatic nitrogens is 1. The standard InChI is InChI=1S/C14H11F3N2/c15-14(16,17)12-5-3-4-11(10-12)7-9-19-13-6-1-2-8-18-13/h1-10H,(H,18,19). The fourth-order valence-corrected chi connectivity index (χ4v) is 1.49. The molecule has 0 radical (unpaired) electrons. The Hall–Kier alpha value is -2.30. The molecule has 1 N–H and O–H groups in total. The van der Waals surface area contributed by atoms with Gasteiger partial charge in [-0.2, -0.15) is 13.2 Å². The molecular weight excluding hydrogens is 253 g/mol. The average molecular weight is 264 g/mol. The molecule has 2 rings (SSSR count). The van der Waals surface area contributed by atoms with Crippen molar-refractivity contribution >= 4 is 11.9 Å². The summed E-state index contributed by atoms with van der Waals surface area (Å²) >= 11 is 0. The number of rotatable bonds is 3. The highest BCUT2D eigenvalue weighted by Gasteiger charge is 2.30. The van der Waals surface area contributed by atoms with Gasteiger partial charge in [-0.15, -0.1) is 0 Å². The van der Waals surface area contributed by atoms with Crippen LogP contribution in [0.5, 0.6) is 0 Å². The molecule has 0 saturated heterocycles. The molecule has 5 heteroatoms. The van der Waals surface area contributed by atoms with E-state index in [9.17, 15) is 13.2 Å². The van der Waals surface area contributed by atoms with Crippen molar-refractivity contribution in [2.45, 2.75) is 6.18 Å². The molecule has 98 valence electrons. The molecule has 2 nitrogen and oxygen atoms in total. The first-order chi connectivity index (χ1) is 9.05. The molecule has 0 aliphatic rings. The van der Waals surface area contributed by atoms with Gasteiger partial charge in [0, 0.05) is 12.4 Å². The van der Waals surface area contributed by atoms with Crippen LogP contribution >= 0.6 is 0 Å². The number of nitrogens with zero attached hydrogens (tertiary/aromatic N) is 1. The van der Waals surface area contributed by atoms with Crippen LogP contribution in [-0.2, 0) is 6.18 Å². The molecule has 1 aromatic carbocycles. The van der Waals surface area contributed by atoms with Crippen LogP contribution in [0.3, 0.4) is 0 Å². The Morgan fingerprint density at radius 2 is 1.89 bits per heavy atom. The minimum Gasteiger partial charge on any atom is -0.347 e. The van der Waals surface area contributed by atoms with E-state index in [1.807, 2.05) is 6.07 Å². The number of halogens is 3. The van der Waals surface area contributed by atoms with Crippen LogP contribution in [0.2, 0.25) is 0 Å². The zero-order valence-corrected chi connectivity index (χ0v) is 9.85. The van der Waals surface area contributed by atoms with E-state index in [0.29, 0.717) is 11.4 Å². The molecule has 0 spiro atoms. The van der Waals surface area contributed by atoms with E-state index in [0.717, 1.165) is 12.1 Å². The van der Waals surface area contributed by atoms with Crippen LogP contribution < -0.4 is 5.32 Å². The molecule has 1 aromatic heterocycles. The molecule has 19 heavy (non-hydrogen) atoms. The largest absolute Gasteiger partial charge is 0.416 e. The summed E-state index contributed by atoms with van der Waals surface area (Å²) in [6.07, 6.45) is 0.417. The minimum atomic E-state index is -4.32. The lowest BCUT2D eigenvalue weighted by atomic mass is 10.1. The predicted molar refractivity (Wildman–Crippen MR) is 68.3 cm³/mol.